The van der Waals surface area contributed by atoms with Crippen molar-refractivity contribution in [2.45, 2.75) is 13.5 Å². The van der Waals surface area contributed by atoms with Crippen LogP contribution in [0.5, 0.6) is 0 Å². The summed E-state index contributed by atoms with van der Waals surface area (Å²) in [5.41, 5.74) is 3.69. The Kier molecular flexibility index (Phi) is 4.34. The Balaban J connectivity index is 0.00000133. The summed E-state index contributed by atoms with van der Waals surface area (Å²) in [7, 11) is 2.07. The molecule has 102 valence electrons. The van der Waals surface area contributed by atoms with E-state index in [2.05, 4.69) is 58.4 Å². The minimum absolute atomic E-state index is 0. The van der Waals surface area contributed by atoms with Gasteiger partial charge in [-0.2, -0.15) is 0 Å². The molecule has 0 unspecified atom stereocenters. The van der Waals surface area contributed by atoms with Gasteiger partial charge in [0.2, 0.25) is 0 Å². The second-order valence-corrected chi connectivity index (χ2v) is 4.85. The number of aromatic amines is 1. The van der Waals surface area contributed by atoms with Crippen LogP contribution >= 0.6 is 24.0 Å². The molecule has 3 rings (SSSR count). The Morgan fingerprint density at radius 3 is 2.95 bits per heavy atom. The second-order valence-electron chi connectivity index (χ2n) is 4.85. The molecular formula is C14H19IN4. The summed E-state index contributed by atoms with van der Waals surface area (Å²) in [6.07, 6.45) is 0. The fourth-order valence-corrected chi connectivity index (χ4v) is 2.34. The number of aromatic nitrogens is 1. The van der Waals surface area contributed by atoms with Crippen molar-refractivity contribution in [3.05, 3.63) is 35.5 Å². The first-order valence-electron chi connectivity index (χ1n) is 6.30. The van der Waals surface area contributed by atoms with Gasteiger partial charge in [-0.05, 0) is 36.1 Å². The number of halogens is 1. The Morgan fingerprint density at radius 1 is 1.37 bits per heavy atom. The van der Waals surface area contributed by atoms with Crippen LogP contribution in [-0.4, -0.2) is 36.0 Å². The number of aryl methyl sites for hydroxylation is 1. The lowest BCUT2D eigenvalue weighted by Gasteiger charge is -2.15. The molecule has 0 saturated heterocycles. The topological polar surface area (TPSA) is 43.4 Å². The maximum Gasteiger partial charge on any atom is 0.194 e. The standard InChI is InChI=1S/C14H18N4.HI/c1-10-7-12-8-11(3-4-13(12)17-10)9-16-14-15-5-6-18(14)2;/h3-4,7-8,17H,5-6,9H2,1-2H3,(H,15,16);1H. The average molecular weight is 370 g/mol. The average Bonchev–Trinajstić information content (AvgIpc) is 2.90. The van der Waals surface area contributed by atoms with E-state index in [1.807, 2.05) is 0 Å². The van der Waals surface area contributed by atoms with Crippen LogP contribution < -0.4 is 5.32 Å². The van der Waals surface area contributed by atoms with Crippen molar-refractivity contribution in [1.82, 2.24) is 15.2 Å². The number of benzene rings is 1. The summed E-state index contributed by atoms with van der Waals surface area (Å²) in [6, 6.07) is 8.69. The van der Waals surface area contributed by atoms with E-state index in [9.17, 15) is 0 Å². The molecule has 2 heterocycles. The van der Waals surface area contributed by atoms with Gasteiger partial charge < -0.3 is 15.2 Å². The Bertz CT molecular complexity index is 603. The van der Waals surface area contributed by atoms with E-state index in [1.54, 1.807) is 0 Å². The minimum atomic E-state index is 0. The van der Waals surface area contributed by atoms with Crippen LogP contribution in [0.1, 0.15) is 11.3 Å². The van der Waals surface area contributed by atoms with Crippen molar-refractivity contribution in [1.29, 1.82) is 0 Å². The molecule has 0 atom stereocenters. The van der Waals surface area contributed by atoms with Crippen molar-refractivity contribution < 1.29 is 0 Å². The van der Waals surface area contributed by atoms with E-state index in [1.165, 1.54) is 22.2 Å². The van der Waals surface area contributed by atoms with Crippen LogP contribution in [0.25, 0.3) is 10.9 Å². The quantitative estimate of drug-likeness (QED) is 0.798. The van der Waals surface area contributed by atoms with Crippen LogP contribution in [0, 0.1) is 6.92 Å². The van der Waals surface area contributed by atoms with E-state index >= 15 is 0 Å². The third-order valence-corrected chi connectivity index (χ3v) is 3.33. The van der Waals surface area contributed by atoms with Crippen LogP contribution in [0.15, 0.2) is 29.3 Å². The Hall–Kier alpha value is -1.24. The smallest absolute Gasteiger partial charge is 0.194 e. The molecule has 0 fully saturated rings. The van der Waals surface area contributed by atoms with Gasteiger partial charge in [-0.1, -0.05) is 6.07 Å². The maximum absolute atomic E-state index is 4.42. The first-order chi connectivity index (χ1) is 8.72. The molecule has 0 bridgehead atoms. The summed E-state index contributed by atoms with van der Waals surface area (Å²) in [6.45, 7) is 4.82. The third-order valence-electron chi connectivity index (χ3n) is 3.33. The number of likely N-dealkylation sites (N-methyl/N-ethyl adjacent to an activating group) is 1. The number of guanidine groups is 1. The molecular weight excluding hydrogens is 351 g/mol. The molecule has 19 heavy (non-hydrogen) atoms. The van der Waals surface area contributed by atoms with Gasteiger partial charge in [0, 0.05) is 31.3 Å². The van der Waals surface area contributed by atoms with Crippen molar-refractivity contribution >= 4 is 40.8 Å². The van der Waals surface area contributed by atoms with Gasteiger partial charge in [0.15, 0.2) is 5.96 Å². The fourth-order valence-electron chi connectivity index (χ4n) is 2.34. The molecule has 1 aliphatic heterocycles. The molecule has 2 aromatic rings. The van der Waals surface area contributed by atoms with Crippen molar-refractivity contribution in [3.63, 3.8) is 0 Å². The minimum Gasteiger partial charge on any atom is -0.359 e. The van der Waals surface area contributed by atoms with Gasteiger partial charge in [-0.15, -0.1) is 24.0 Å². The van der Waals surface area contributed by atoms with Crippen molar-refractivity contribution in [2.24, 2.45) is 4.99 Å². The van der Waals surface area contributed by atoms with Gasteiger partial charge in [0.05, 0.1) is 6.54 Å². The lowest BCUT2D eigenvalue weighted by Crippen LogP contribution is -2.35. The highest BCUT2D eigenvalue weighted by atomic mass is 127. The number of nitrogens with zero attached hydrogens (tertiary/aromatic N) is 2. The largest absolute Gasteiger partial charge is 0.359 e. The second kappa shape index (κ2) is 5.81. The van der Waals surface area contributed by atoms with Gasteiger partial charge in [0.25, 0.3) is 0 Å². The molecule has 4 nitrogen and oxygen atoms in total. The van der Waals surface area contributed by atoms with Crippen LogP contribution in [-0.2, 0) is 6.54 Å². The summed E-state index contributed by atoms with van der Waals surface area (Å²) in [5.74, 6) is 1.00. The number of hydrogen-bond donors (Lipinski definition) is 2. The summed E-state index contributed by atoms with van der Waals surface area (Å²) in [4.78, 5) is 9.91. The first kappa shape index (κ1) is 14.2. The molecule has 1 aliphatic rings. The van der Waals surface area contributed by atoms with Crippen LogP contribution in [0.3, 0.4) is 0 Å². The molecule has 5 heteroatoms. The number of aliphatic imine (C=N–C) groups is 1. The Labute approximate surface area is 130 Å². The number of H-pyrrole nitrogens is 1. The molecule has 0 saturated carbocycles. The summed E-state index contributed by atoms with van der Waals surface area (Å²) < 4.78 is 0. The normalized spacial score (nSPS) is 14.4. The highest BCUT2D eigenvalue weighted by molar-refractivity contribution is 14.0. The van der Waals surface area contributed by atoms with Gasteiger partial charge in [-0.3, -0.25) is 4.99 Å². The molecule has 1 aromatic heterocycles. The summed E-state index contributed by atoms with van der Waals surface area (Å²) >= 11 is 0. The van der Waals surface area contributed by atoms with Crippen molar-refractivity contribution in [3.8, 4) is 0 Å². The van der Waals surface area contributed by atoms with Crippen molar-refractivity contribution in [2.75, 3.05) is 20.1 Å². The van der Waals surface area contributed by atoms with Gasteiger partial charge in [-0.25, -0.2) is 0 Å². The lowest BCUT2D eigenvalue weighted by molar-refractivity contribution is 0.534. The molecule has 0 spiro atoms. The maximum atomic E-state index is 4.42. The Morgan fingerprint density at radius 2 is 2.21 bits per heavy atom. The SMILES string of the molecule is Cc1cc2cc(CNC3=NCCN3C)ccc2[nH]1.I. The number of nitrogens with one attached hydrogen (secondary N) is 2. The molecule has 0 aliphatic carbocycles. The molecule has 2 N–H and O–H groups in total. The first-order valence-corrected chi connectivity index (χ1v) is 6.30. The fraction of sp³-hybridized carbons (Fsp3) is 0.357. The number of hydrogen-bond acceptors (Lipinski definition) is 3. The predicted octanol–water partition coefficient (Wildman–Crippen LogP) is 2.49. The zero-order chi connectivity index (χ0) is 12.5. The highest BCUT2D eigenvalue weighted by Gasteiger charge is 2.11. The van der Waals surface area contributed by atoms with E-state index in [0.29, 0.717) is 0 Å². The van der Waals surface area contributed by atoms with E-state index < -0.39 is 0 Å². The third kappa shape index (κ3) is 3.02. The van der Waals surface area contributed by atoms with Gasteiger partial charge >= 0.3 is 0 Å². The van der Waals surface area contributed by atoms with Crippen LogP contribution in [0.4, 0.5) is 0 Å². The molecule has 0 radical (unpaired) electrons. The van der Waals surface area contributed by atoms with E-state index in [0.717, 1.165) is 25.6 Å². The van der Waals surface area contributed by atoms with Crippen LogP contribution in [0.2, 0.25) is 0 Å². The monoisotopic (exact) mass is 370 g/mol. The number of fused-ring (bicyclic) bond motifs is 1. The van der Waals surface area contributed by atoms with E-state index in [4.69, 9.17) is 0 Å². The molecule has 1 aromatic carbocycles. The summed E-state index contributed by atoms with van der Waals surface area (Å²) in [5, 5.41) is 4.66. The van der Waals surface area contributed by atoms with Gasteiger partial charge in [0.1, 0.15) is 0 Å². The lowest BCUT2D eigenvalue weighted by atomic mass is 10.1. The van der Waals surface area contributed by atoms with E-state index in [-0.39, 0.29) is 24.0 Å². The zero-order valence-corrected chi connectivity index (χ0v) is 13.6. The predicted molar refractivity (Wildman–Crippen MR) is 90.2 cm³/mol. The number of rotatable bonds is 2. The zero-order valence-electron chi connectivity index (χ0n) is 11.2. The highest BCUT2D eigenvalue weighted by Crippen LogP contribution is 2.16. The molecule has 0 amide bonds.